The van der Waals surface area contributed by atoms with E-state index in [4.69, 9.17) is 9.47 Å². The zero-order chi connectivity index (χ0) is 21.7. The van der Waals surface area contributed by atoms with Gasteiger partial charge in [-0.1, -0.05) is 18.2 Å². The van der Waals surface area contributed by atoms with Gasteiger partial charge in [0.2, 0.25) is 5.91 Å². The molecule has 0 bridgehead atoms. The van der Waals surface area contributed by atoms with Crippen molar-refractivity contribution in [3.05, 3.63) is 58.6 Å². The monoisotopic (exact) mass is 413 g/mol. The lowest BCUT2D eigenvalue weighted by atomic mass is 10.1. The molecule has 3 rings (SSSR count). The van der Waals surface area contributed by atoms with Crippen LogP contribution in [-0.4, -0.2) is 43.0 Å². The minimum absolute atomic E-state index is 0.0200. The zero-order valence-electron chi connectivity index (χ0n) is 16.1. The van der Waals surface area contributed by atoms with E-state index in [0.717, 1.165) is 0 Å². The number of hydrogen-bond acceptors (Lipinski definition) is 7. The van der Waals surface area contributed by atoms with Crippen LogP contribution in [0.5, 0.6) is 5.75 Å². The number of anilines is 2. The Morgan fingerprint density at radius 1 is 1.23 bits per heavy atom. The Morgan fingerprint density at radius 2 is 1.97 bits per heavy atom. The van der Waals surface area contributed by atoms with E-state index in [0.29, 0.717) is 11.4 Å². The van der Waals surface area contributed by atoms with Crippen molar-refractivity contribution >= 4 is 34.8 Å². The standard InChI is InChI=1S/C20H19N3O7/c1-29-17-10-15(23(27)28)7-8-16(17)22-11-13(9-19(22)25)20(26)30-12-18(24)21-14-5-3-2-4-6-14/h2-8,10,13H,9,11-12H2,1H3,(H,21,24)/t13-/m1/s1. The second-order valence-electron chi connectivity index (χ2n) is 6.54. The molecule has 2 aromatic rings. The maximum Gasteiger partial charge on any atom is 0.311 e. The molecule has 1 aliphatic heterocycles. The Kier molecular flexibility index (Phi) is 6.26. The number of nitro groups is 1. The van der Waals surface area contributed by atoms with Gasteiger partial charge in [-0.05, 0) is 18.2 Å². The van der Waals surface area contributed by atoms with Gasteiger partial charge in [0, 0.05) is 24.7 Å². The Bertz CT molecular complexity index is 978. The van der Waals surface area contributed by atoms with Gasteiger partial charge in [-0.15, -0.1) is 0 Å². The number of amides is 2. The lowest BCUT2D eigenvalue weighted by Gasteiger charge is -2.19. The number of methoxy groups -OCH3 is 1. The molecule has 0 aliphatic carbocycles. The molecule has 0 spiro atoms. The largest absolute Gasteiger partial charge is 0.494 e. The average Bonchev–Trinajstić information content (AvgIpc) is 3.13. The SMILES string of the molecule is COc1cc([N+](=O)[O-])ccc1N1C[C@H](C(=O)OCC(=O)Nc2ccccc2)CC1=O. The molecule has 10 nitrogen and oxygen atoms in total. The van der Waals surface area contributed by atoms with Gasteiger partial charge >= 0.3 is 5.97 Å². The van der Waals surface area contributed by atoms with Crippen molar-refractivity contribution in [2.45, 2.75) is 6.42 Å². The summed E-state index contributed by atoms with van der Waals surface area (Å²) in [4.78, 5) is 48.3. The molecule has 0 aromatic heterocycles. The van der Waals surface area contributed by atoms with E-state index >= 15 is 0 Å². The van der Waals surface area contributed by atoms with E-state index in [1.807, 2.05) is 0 Å². The van der Waals surface area contributed by atoms with E-state index in [2.05, 4.69) is 5.32 Å². The highest BCUT2D eigenvalue weighted by atomic mass is 16.6. The lowest BCUT2D eigenvalue weighted by molar-refractivity contribution is -0.384. The molecule has 1 atom stereocenters. The highest BCUT2D eigenvalue weighted by Crippen LogP contribution is 2.35. The quantitative estimate of drug-likeness (QED) is 0.418. The number of nitrogens with one attached hydrogen (secondary N) is 1. The predicted molar refractivity (Wildman–Crippen MR) is 106 cm³/mol. The maximum absolute atomic E-state index is 12.4. The Labute approximate surface area is 171 Å². The molecule has 1 saturated heterocycles. The summed E-state index contributed by atoms with van der Waals surface area (Å²) in [5.74, 6) is -2.13. The molecule has 1 fully saturated rings. The molecule has 2 amide bonds. The minimum Gasteiger partial charge on any atom is -0.494 e. The summed E-state index contributed by atoms with van der Waals surface area (Å²) >= 11 is 0. The molecule has 10 heteroatoms. The normalized spacial score (nSPS) is 15.6. The van der Waals surface area contributed by atoms with Crippen LogP contribution in [0.4, 0.5) is 17.1 Å². The van der Waals surface area contributed by atoms with Crippen molar-refractivity contribution in [1.29, 1.82) is 0 Å². The molecular formula is C20H19N3O7. The fraction of sp³-hybridized carbons (Fsp3) is 0.250. The summed E-state index contributed by atoms with van der Waals surface area (Å²) in [6.07, 6.45) is -0.0979. The number of non-ortho nitro benzene ring substituents is 1. The highest BCUT2D eigenvalue weighted by molar-refractivity contribution is 6.01. The molecule has 1 heterocycles. The van der Waals surface area contributed by atoms with E-state index in [1.54, 1.807) is 30.3 Å². The third-order valence-electron chi connectivity index (χ3n) is 4.53. The number of carbonyl (C=O) groups excluding carboxylic acids is 3. The van der Waals surface area contributed by atoms with Crippen LogP contribution in [0.1, 0.15) is 6.42 Å². The van der Waals surface area contributed by atoms with Crippen LogP contribution >= 0.6 is 0 Å². The van der Waals surface area contributed by atoms with Crippen molar-refractivity contribution < 1.29 is 28.8 Å². The number of benzene rings is 2. The van der Waals surface area contributed by atoms with Gasteiger partial charge in [0.15, 0.2) is 6.61 Å². The molecule has 1 aliphatic rings. The Morgan fingerprint density at radius 3 is 2.63 bits per heavy atom. The molecule has 0 saturated carbocycles. The smallest absolute Gasteiger partial charge is 0.311 e. The molecule has 2 aromatic carbocycles. The van der Waals surface area contributed by atoms with Crippen LogP contribution in [0, 0.1) is 16.0 Å². The Balaban J connectivity index is 1.60. The van der Waals surface area contributed by atoms with Gasteiger partial charge in [0.05, 0.1) is 29.7 Å². The van der Waals surface area contributed by atoms with E-state index in [1.165, 1.54) is 30.2 Å². The summed E-state index contributed by atoms with van der Waals surface area (Å²) in [7, 11) is 1.33. The molecule has 0 unspecified atom stereocenters. The number of rotatable bonds is 7. The number of hydrogen-bond donors (Lipinski definition) is 1. The van der Waals surface area contributed by atoms with E-state index < -0.39 is 29.3 Å². The predicted octanol–water partition coefficient (Wildman–Crippen LogP) is 2.14. The van der Waals surface area contributed by atoms with Crippen LogP contribution in [0.3, 0.4) is 0 Å². The summed E-state index contributed by atoms with van der Waals surface area (Å²) in [6.45, 7) is -0.453. The molecule has 30 heavy (non-hydrogen) atoms. The lowest BCUT2D eigenvalue weighted by Crippen LogP contribution is -2.28. The first-order chi connectivity index (χ1) is 14.4. The van der Waals surface area contributed by atoms with Crippen molar-refractivity contribution in [3.63, 3.8) is 0 Å². The van der Waals surface area contributed by atoms with Crippen molar-refractivity contribution in [1.82, 2.24) is 0 Å². The van der Waals surface area contributed by atoms with Gasteiger partial charge in [0.25, 0.3) is 11.6 Å². The van der Waals surface area contributed by atoms with Crippen LogP contribution in [0.25, 0.3) is 0 Å². The average molecular weight is 413 g/mol. The maximum atomic E-state index is 12.4. The topological polar surface area (TPSA) is 128 Å². The van der Waals surface area contributed by atoms with Crippen LogP contribution in [-0.2, 0) is 19.1 Å². The first-order valence-corrected chi connectivity index (χ1v) is 9.03. The first-order valence-electron chi connectivity index (χ1n) is 9.03. The van der Waals surface area contributed by atoms with Crippen LogP contribution in [0.15, 0.2) is 48.5 Å². The number of nitro benzene ring substituents is 1. The van der Waals surface area contributed by atoms with Crippen molar-refractivity contribution in [2.75, 3.05) is 30.5 Å². The third-order valence-corrected chi connectivity index (χ3v) is 4.53. The first kappa shape index (κ1) is 20.8. The third kappa shape index (κ3) is 4.72. The zero-order valence-corrected chi connectivity index (χ0v) is 16.1. The second-order valence-corrected chi connectivity index (χ2v) is 6.54. The molecule has 1 N–H and O–H groups in total. The number of ether oxygens (including phenoxy) is 2. The molecule has 0 radical (unpaired) electrons. The van der Waals surface area contributed by atoms with Crippen molar-refractivity contribution in [3.8, 4) is 5.75 Å². The van der Waals surface area contributed by atoms with Crippen LogP contribution in [0.2, 0.25) is 0 Å². The van der Waals surface area contributed by atoms with Gasteiger partial charge in [0.1, 0.15) is 5.75 Å². The fourth-order valence-corrected chi connectivity index (χ4v) is 3.07. The summed E-state index contributed by atoms with van der Waals surface area (Å²) in [6, 6.07) is 12.6. The Hall–Kier alpha value is -3.95. The fourth-order valence-electron chi connectivity index (χ4n) is 3.07. The number of nitrogens with zero attached hydrogens (tertiary/aromatic N) is 2. The molecular weight excluding hydrogens is 394 g/mol. The van der Waals surface area contributed by atoms with Crippen LogP contribution < -0.4 is 15.0 Å². The van der Waals surface area contributed by atoms with Gasteiger partial charge in [-0.2, -0.15) is 0 Å². The molecule has 156 valence electrons. The van der Waals surface area contributed by atoms with Gasteiger partial charge in [-0.3, -0.25) is 24.5 Å². The second kappa shape index (κ2) is 9.03. The number of carbonyl (C=O) groups is 3. The summed E-state index contributed by atoms with van der Waals surface area (Å²) in [5.41, 5.74) is 0.721. The minimum atomic E-state index is -0.762. The van der Waals surface area contributed by atoms with E-state index in [9.17, 15) is 24.5 Å². The number of para-hydroxylation sites is 1. The van der Waals surface area contributed by atoms with Crippen molar-refractivity contribution in [2.24, 2.45) is 5.92 Å². The van der Waals surface area contributed by atoms with Gasteiger partial charge < -0.3 is 19.7 Å². The summed E-state index contributed by atoms with van der Waals surface area (Å²) in [5, 5.41) is 13.5. The summed E-state index contributed by atoms with van der Waals surface area (Å²) < 4.78 is 10.2. The van der Waals surface area contributed by atoms with E-state index in [-0.39, 0.29) is 30.3 Å². The highest BCUT2D eigenvalue weighted by Gasteiger charge is 2.37. The van der Waals surface area contributed by atoms with Gasteiger partial charge in [-0.25, -0.2) is 0 Å². The number of esters is 1.